The fourth-order valence-corrected chi connectivity index (χ4v) is 4.17. The number of benzene rings is 3. The number of nitrogens with one attached hydrogen (secondary N) is 1. The Morgan fingerprint density at radius 1 is 1.00 bits per heavy atom. The monoisotopic (exact) mass is 542 g/mol. The molecule has 0 bridgehead atoms. The molecule has 34 heavy (non-hydrogen) atoms. The Hall–Kier alpha value is -2.83. The van der Waals surface area contributed by atoms with E-state index < -0.39 is 6.04 Å². The van der Waals surface area contributed by atoms with E-state index in [4.69, 9.17) is 16.3 Å². The smallest absolute Gasteiger partial charge is 0.261 e. The number of rotatable bonds is 11. The van der Waals surface area contributed by atoms with Crippen molar-refractivity contribution in [1.29, 1.82) is 0 Å². The summed E-state index contributed by atoms with van der Waals surface area (Å²) in [6.45, 7) is 2.57. The average molecular weight is 544 g/mol. The van der Waals surface area contributed by atoms with E-state index in [0.717, 1.165) is 22.0 Å². The lowest BCUT2D eigenvalue weighted by atomic mass is 10.0. The summed E-state index contributed by atoms with van der Waals surface area (Å²) in [5.74, 6) is -0.0609. The SMILES string of the molecule is CCCNC(=O)C(Cc1ccccc1)N(Cc1cccc(Br)c1)C(=O)COc1ccccc1Cl. The summed E-state index contributed by atoms with van der Waals surface area (Å²) < 4.78 is 6.64. The zero-order valence-electron chi connectivity index (χ0n) is 19.0. The maximum absolute atomic E-state index is 13.5. The Bertz CT molecular complexity index is 1090. The Labute approximate surface area is 214 Å². The highest BCUT2D eigenvalue weighted by molar-refractivity contribution is 9.10. The van der Waals surface area contributed by atoms with Gasteiger partial charge >= 0.3 is 0 Å². The van der Waals surface area contributed by atoms with Gasteiger partial charge < -0.3 is 15.0 Å². The van der Waals surface area contributed by atoms with Gasteiger partial charge in [-0.3, -0.25) is 9.59 Å². The molecule has 0 aromatic heterocycles. The van der Waals surface area contributed by atoms with Gasteiger partial charge in [-0.05, 0) is 41.8 Å². The van der Waals surface area contributed by atoms with Crippen LogP contribution in [-0.4, -0.2) is 35.9 Å². The van der Waals surface area contributed by atoms with Crippen molar-refractivity contribution >= 4 is 39.3 Å². The van der Waals surface area contributed by atoms with Crippen molar-refractivity contribution in [3.05, 3.63) is 99.5 Å². The lowest BCUT2D eigenvalue weighted by Gasteiger charge is -2.31. The van der Waals surface area contributed by atoms with Crippen LogP contribution in [0.25, 0.3) is 0 Å². The van der Waals surface area contributed by atoms with Crippen molar-refractivity contribution in [1.82, 2.24) is 10.2 Å². The van der Waals surface area contributed by atoms with E-state index in [1.807, 2.05) is 61.5 Å². The quantitative estimate of drug-likeness (QED) is 0.340. The van der Waals surface area contributed by atoms with Gasteiger partial charge in [0.2, 0.25) is 5.91 Å². The van der Waals surface area contributed by atoms with Crippen molar-refractivity contribution in [3.8, 4) is 5.75 Å². The molecule has 1 atom stereocenters. The molecule has 2 amide bonds. The van der Waals surface area contributed by atoms with Gasteiger partial charge in [-0.25, -0.2) is 0 Å². The summed E-state index contributed by atoms with van der Waals surface area (Å²) in [5.41, 5.74) is 1.88. The third-order valence-electron chi connectivity index (χ3n) is 5.25. The number of hydrogen-bond donors (Lipinski definition) is 1. The maximum atomic E-state index is 13.5. The molecule has 1 N–H and O–H groups in total. The van der Waals surface area contributed by atoms with Gasteiger partial charge in [0.25, 0.3) is 5.91 Å². The molecular weight excluding hydrogens is 516 g/mol. The number of para-hydroxylation sites is 1. The molecule has 0 aliphatic rings. The highest BCUT2D eigenvalue weighted by atomic mass is 79.9. The molecule has 0 saturated heterocycles. The van der Waals surface area contributed by atoms with E-state index in [9.17, 15) is 9.59 Å². The Morgan fingerprint density at radius 2 is 1.71 bits per heavy atom. The summed E-state index contributed by atoms with van der Waals surface area (Å²) in [4.78, 5) is 28.3. The fraction of sp³-hybridized carbons (Fsp3) is 0.259. The van der Waals surface area contributed by atoms with Gasteiger partial charge in [0.05, 0.1) is 5.02 Å². The molecule has 0 fully saturated rings. The minimum atomic E-state index is -0.699. The summed E-state index contributed by atoms with van der Waals surface area (Å²) in [6, 6.07) is 23.7. The molecule has 0 spiro atoms. The number of carbonyl (C=O) groups is 2. The molecule has 5 nitrogen and oxygen atoms in total. The van der Waals surface area contributed by atoms with E-state index in [-0.39, 0.29) is 25.0 Å². The topological polar surface area (TPSA) is 58.6 Å². The second-order valence-electron chi connectivity index (χ2n) is 7.87. The van der Waals surface area contributed by atoms with Gasteiger partial charge in [0.1, 0.15) is 11.8 Å². The van der Waals surface area contributed by atoms with Crippen molar-refractivity contribution in [2.75, 3.05) is 13.2 Å². The Kier molecular flexibility index (Phi) is 9.98. The van der Waals surface area contributed by atoms with Crippen molar-refractivity contribution in [3.63, 3.8) is 0 Å². The van der Waals surface area contributed by atoms with E-state index in [1.54, 1.807) is 29.2 Å². The van der Waals surface area contributed by atoms with Crippen LogP contribution in [0.1, 0.15) is 24.5 Å². The molecule has 3 aromatic carbocycles. The zero-order valence-corrected chi connectivity index (χ0v) is 21.4. The van der Waals surface area contributed by atoms with E-state index in [1.165, 1.54) is 0 Å². The third kappa shape index (κ3) is 7.61. The van der Waals surface area contributed by atoms with E-state index >= 15 is 0 Å². The van der Waals surface area contributed by atoms with Crippen LogP contribution in [0.5, 0.6) is 5.75 Å². The average Bonchev–Trinajstić information content (AvgIpc) is 2.84. The van der Waals surface area contributed by atoms with Crippen molar-refractivity contribution in [2.24, 2.45) is 0 Å². The van der Waals surface area contributed by atoms with Gasteiger partial charge in [-0.15, -0.1) is 0 Å². The van der Waals surface area contributed by atoms with E-state index in [0.29, 0.717) is 23.7 Å². The molecular formula is C27H28BrClN2O3. The van der Waals surface area contributed by atoms with Crippen LogP contribution < -0.4 is 10.1 Å². The molecule has 0 radical (unpaired) electrons. The minimum Gasteiger partial charge on any atom is -0.482 e. The summed E-state index contributed by atoms with van der Waals surface area (Å²) in [5, 5.41) is 3.39. The summed E-state index contributed by atoms with van der Waals surface area (Å²) in [6.07, 6.45) is 1.20. The zero-order chi connectivity index (χ0) is 24.3. The largest absolute Gasteiger partial charge is 0.482 e. The molecule has 1 unspecified atom stereocenters. The number of hydrogen-bond acceptors (Lipinski definition) is 3. The first-order chi connectivity index (χ1) is 16.5. The molecule has 3 rings (SSSR count). The number of amides is 2. The minimum absolute atomic E-state index is 0.188. The van der Waals surface area contributed by atoms with Crippen molar-refractivity contribution < 1.29 is 14.3 Å². The van der Waals surface area contributed by atoms with Crippen LogP contribution in [0.2, 0.25) is 5.02 Å². The van der Waals surface area contributed by atoms with Gasteiger partial charge in [-0.2, -0.15) is 0 Å². The number of ether oxygens (including phenoxy) is 1. The fourth-order valence-electron chi connectivity index (χ4n) is 3.54. The van der Waals surface area contributed by atoms with Crippen LogP contribution in [0.15, 0.2) is 83.3 Å². The highest BCUT2D eigenvalue weighted by Gasteiger charge is 2.30. The number of carbonyl (C=O) groups excluding carboxylic acids is 2. The lowest BCUT2D eigenvalue weighted by Crippen LogP contribution is -2.51. The molecule has 0 aliphatic heterocycles. The van der Waals surface area contributed by atoms with Crippen molar-refractivity contribution in [2.45, 2.75) is 32.4 Å². The first-order valence-corrected chi connectivity index (χ1v) is 12.4. The Morgan fingerprint density at radius 3 is 2.41 bits per heavy atom. The van der Waals surface area contributed by atoms with Crippen LogP contribution >= 0.6 is 27.5 Å². The molecule has 7 heteroatoms. The Balaban J connectivity index is 1.90. The molecule has 178 valence electrons. The summed E-state index contributed by atoms with van der Waals surface area (Å²) in [7, 11) is 0. The first-order valence-electron chi connectivity index (χ1n) is 11.2. The van der Waals surface area contributed by atoms with Crippen LogP contribution in [0.4, 0.5) is 0 Å². The highest BCUT2D eigenvalue weighted by Crippen LogP contribution is 2.24. The third-order valence-corrected chi connectivity index (χ3v) is 6.06. The first kappa shape index (κ1) is 25.8. The van der Waals surface area contributed by atoms with E-state index in [2.05, 4.69) is 21.2 Å². The molecule has 0 heterocycles. The van der Waals surface area contributed by atoms with Crippen LogP contribution in [0, 0.1) is 0 Å². The second-order valence-corrected chi connectivity index (χ2v) is 9.19. The predicted octanol–water partition coefficient (Wildman–Crippen LogP) is 5.65. The number of halogens is 2. The second kappa shape index (κ2) is 13.2. The molecule has 0 saturated carbocycles. The normalized spacial score (nSPS) is 11.5. The van der Waals surface area contributed by atoms with Gasteiger partial charge in [0.15, 0.2) is 6.61 Å². The molecule has 3 aromatic rings. The lowest BCUT2D eigenvalue weighted by molar-refractivity contribution is -0.142. The summed E-state index contributed by atoms with van der Waals surface area (Å²) >= 11 is 9.68. The standard InChI is InChI=1S/C27H28BrClN2O3/c1-2-15-30-27(33)24(17-20-9-4-3-5-10-20)31(18-21-11-8-12-22(28)16-21)26(32)19-34-25-14-7-6-13-23(25)29/h3-14,16,24H,2,15,17-19H2,1H3,(H,30,33). The molecule has 0 aliphatic carbocycles. The predicted molar refractivity (Wildman–Crippen MR) is 139 cm³/mol. The number of nitrogens with zero attached hydrogens (tertiary/aromatic N) is 1. The van der Waals surface area contributed by atoms with Gasteiger partial charge in [-0.1, -0.05) is 89.1 Å². The van der Waals surface area contributed by atoms with Crippen LogP contribution in [0.3, 0.4) is 0 Å². The van der Waals surface area contributed by atoms with Gasteiger partial charge in [0, 0.05) is 24.0 Å². The van der Waals surface area contributed by atoms with Crippen LogP contribution in [-0.2, 0) is 22.6 Å². The maximum Gasteiger partial charge on any atom is 0.261 e.